The molecule has 264 valence electrons. The van der Waals surface area contributed by atoms with Crippen LogP contribution in [0.5, 0.6) is 5.75 Å². The van der Waals surface area contributed by atoms with Crippen molar-refractivity contribution in [3.8, 4) is 5.75 Å². The molecule has 52 heavy (non-hydrogen) atoms. The number of likely N-dealkylation sites (N-methyl/N-ethyl adjacent to an activating group) is 1. The van der Waals surface area contributed by atoms with Gasteiger partial charge in [-0.05, 0) is 64.7 Å². The molecule has 6 aromatic carbocycles. The maximum absolute atomic E-state index is 14.5. The van der Waals surface area contributed by atoms with Gasteiger partial charge in [0.15, 0.2) is 23.3 Å². The van der Waals surface area contributed by atoms with Gasteiger partial charge in [-0.1, -0.05) is 103 Å². The molecule has 0 radical (unpaired) electrons. The maximum atomic E-state index is 14.5. The van der Waals surface area contributed by atoms with Crippen molar-refractivity contribution in [2.45, 2.75) is 24.7 Å². The van der Waals surface area contributed by atoms with Crippen LogP contribution >= 0.6 is 11.9 Å². The molecule has 0 atom stereocenters. The first-order valence-electron chi connectivity index (χ1n) is 16.2. The van der Waals surface area contributed by atoms with Crippen LogP contribution in [0.15, 0.2) is 132 Å². The normalized spacial score (nSPS) is 11.1. The highest BCUT2D eigenvalue weighted by Crippen LogP contribution is 2.32. The molecule has 0 aliphatic rings. The number of carbonyl (C=O) groups excluding carboxylic acids is 2. The van der Waals surface area contributed by atoms with Crippen LogP contribution in [-0.4, -0.2) is 29.8 Å². The first-order valence-corrected chi connectivity index (χ1v) is 17.0. The fourth-order valence-corrected chi connectivity index (χ4v) is 6.36. The van der Waals surface area contributed by atoms with Crippen LogP contribution in [0.4, 0.5) is 23.2 Å². The number of anilines is 1. The molecule has 0 aliphatic carbocycles. The summed E-state index contributed by atoms with van der Waals surface area (Å²) < 4.78 is 69.2. The third-order valence-corrected chi connectivity index (χ3v) is 9.07. The lowest BCUT2D eigenvalue weighted by Gasteiger charge is -2.27. The first-order chi connectivity index (χ1) is 25.2. The lowest BCUT2D eigenvalue weighted by molar-refractivity contribution is -0.118. The lowest BCUT2D eigenvalue weighted by Crippen LogP contribution is -2.37. The number of ether oxygens (including phenoxy) is 2. The summed E-state index contributed by atoms with van der Waals surface area (Å²) in [6.45, 7) is -0.104. The summed E-state index contributed by atoms with van der Waals surface area (Å²) in [6.07, 6.45) is 0. The molecule has 6 aromatic rings. The minimum Gasteiger partial charge on any atom is -0.488 e. The molecular weight excluding hydrogens is 693 g/mol. The summed E-state index contributed by atoms with van der Waals surface area (Å²) in [5.74, 6) is -7.89. The monoisotopic (exact) mass is 724 g/mol. The van der Waals surface area contributed by atoms with Gasteiger partial charge in [-0.15, -0.1) is 0 Å². The van der Waals surface area contributed by atoms with E-state index in [1.807, 2.05) is 103 Å². The Kier molecular flexibility index (Phi) is 11.5. The van der Waals surface area contributed by atoms with E-state index in [1.165, 1.54) is 22.3 Å². The number of fused-ring (bicyclic) bond motifs is 1. The molecule has 6 rings (SSSR count). The Balaban J connectivity index is 1.34. The minimum absolute atomic E-state index is 0.0394. The number of halogens is 4. The van der Waals surface area contributed by atoms with Gasteiger partial charge in [-0.3, -0.25) is 4.79 Å². The summed E-state index contributed by atoms with van der Waals surface area (Å²) in [4.78, 5) is 28.5. The fraction of sp³-hybridized carbons (Fsp3) is 0.122. The number of esters is 1. The largest absolute Gasteiger partial charge is 0.488 e. The van der Waals surface area contributed by atoms with E-state index in [-0.39, 0.29) is 37.6 Å². The van der Waals surface area contributed by atoms with Crippen molar-refractivity contribution >= 4 is 40.3 Å². The van der Waals surface area contributed by atoms with Crippen LogP contribution in [0.2, 0.25) is 0 Å². The molecule has 0 spiro atoms. The molecule has 0 bridgehead atoms. The molecule has 0 fully saturated rings. The van der Waals surface area contributed by atoms with E-state index in [0.29, 0.717) is 23.7 Å². The first kappa shape index (κ1) is 36.2. The third kappa shape index (κ3) is 8.62. The molecule has 11 heteroatoms. The van der Waals surface area contributed by atoms with Crippen LogP contribution in [0, 0.1) is 23.3 Å². The van der Waals surface area contributed by atoms with Crippen LogP contribution in [0.25, 0.3) is 10.8 Å². The van der Waals surface area contributed by atoms with Crippen molar-refractivity contribution in [2.24, 2.45) is 0 Å². The number of amides is 1. The van der Waals surface area contributed by atoms with Gasteiger partial charge in [0.05, 0.1) is 18.0 Å². The third-order valence-electron chi connectivity index (χ3n) is 8.14. The van der Waals surface area contributed by atoms with Gasteiger partial charge in [0.2, 0.25) is 5.91 Å². The van der Waals surface area contributed by atoms with Gasteiger partial charge in [-0.2, -0.15) is 0 Å². The highest BCUT2D eigenvalue weighted by molar-refractivity contribution is 7.97. The number of hydrogen-bond acceptors (Lipinski definition) is 6. The molecule has 0 saturated carbocycles. The van der Waals surface area contributed by atoms with E-state index in [9.17, 15) is 27.2 Å². The Morgan fingerprint density at radius 2 is 1.35 bits per heavy atom. The number of rotatable bonds is 13. The molecule has 0 unspecified atom stereocenters. The van der Waals surface area contributed by atoms with Crippen molar-refractivity contribution in [3.05, 3.63) is 173 Å². The Morgan fingerprint density at radius 1 is 0.692 bits per heavy atom. The molecule has 0 aromatic heterocycles. The van der Waals surface area contributed by atoms with Gasteiger partial charge < -0.3 is 14.4 Å². The zero-order valence-electron chi connectivity index (χ0n) is 27.9. The van der Waals surface area contributed by atoms with E-state index in [2.05, 4.69) is 0 Å². The van der Waals surface area contributed by atoms with Crippen LogP contribution in [0.1, 0.15) is 27.0 Å². The molecule has 6 nitrogen and oxygen atoms in total. The highest BCUT2D eigenvalue weighted by Gasteiger charge is 2.25. The number of carbonyl (C=O) groups is 2. The van der Waals surface area contributed by atoms with E-state index in [1.54, 1.807) is 12.1 Å². The van der Waals surface area contributed by atoms with Gasteiger partial charge >= 0.3 is 5.97 Å². The van der Waals surface area contributed by atoms with Gasteiger partial charge in [-0.25, -0.2) is 26.7 Å². The standard InChI is InChI=1S/C41H32F4N2O4S/c1-46(52-36-22-34(42)38(43)40(45)39(36)44)24-37(48)47(23-30-17-10-16-29-15-8-9-18-32(29)30)31-19-20-33(41(49)51-26-28-13-6-3-7-14-28)35(21-31)50-25-27-11-4-2-5-12-27/h2-22H,23-26H2,1H3. The van der Waals surface area contributed by atoms with E-state index in [4.69, 9.17) is 9.47 Å². The summed E-state index contributed by atoms with van der Waals surface area (Å²) in [6, 6.07) is 37.3. The van der Waals surface area contributed by atoms with E-state index < -0.39 is 40.0 Å². The van der Waals surface area contributed by atoms with Crippen molar-refractivity contribution in [1.29, 1.82) is 0 Å². The summed E-state index contributed by atoms with van der Waals surface area (Å²) in [5.41, 5.74) is 2.99. The van der Waals surface area contributed by atoms with Gasteiger partial charge in [0.25, 0.3) is 0 Å². The Hall–Kier alpha value is -5.65. The van der Waals surface area contributed by atoms with E-state index >= 15 is 0 Å². The highest BCUT2D eigenvalue weighted by atomic mass is 32.2. The Bertz CT molecular complexity index is 2200. The van der Waals surface area contributed by atoms with Crippen LogP contribution in [0.3, 0.4) is 0 Å². The summed E-state index contributed by atoms with van der Waals surface area (Å²) >= 11 is 0.554. The SMILES string of the molecule is CN(CC(=O)N(Cc1cccc2ccccc12)c1ccc(C(=O)OCc2ccccc2)c(OCc2ccccc2)c1)Sc1cc(F)c(F)c(F)c1F. The zero-order valence-corrected chi connectivity index (χ0v) is 28.7. The van der Waals surface area contributed by atoms with Gasteiger partial charge in [0.1, 0.15) is 24.5 Å². The number of hydrogen-bond donors (Lipinski definition) is 0. The average Bonchev–Trinajstić information content (AvgIpc) is 3.17. The summed E-state index contributed by atoms with van der Waals surface area (Å²) in [5, 5.41) is 1.87. The second-order valence-corrected chi connectivity index (χ2v) is 13.1. The second-order valence-electron chi connectivity index (χ2n) is 11.8. The topological polar surface area (TPSA) is 59.1 Å². The summed E-state index contributed by atoms with van der Waals surface area (Å²) in [7, 11) is 1.44. The second kappa shape index (κ2) is 16.6. The van der Waals surface area contributed by atoms with Gasteiger partial charge in [0, 0.05) is 11.8 Å². The molecule has 0 aliphatic heterocycles. The quantitative estimate of drug-likeness (QED) is 0.0389. The number of benzene rings is 6. The molecule has 0 N–H and O–H groups in total. The van der Waals surface area contributed by atoms with Crippen LogP contribution in [-0.2, 0) is 29.3 Å². The van der Waals surface area contributed by atoms with Crippen molar-refractivity contribution in [3.63, 3.8) is 0 Å². The predicted molar refractivity (Wildman–Crippen MR) is 193 cm³/mol. The molecule has 0 heterocycles. The lowest BCUT2D eigenvalue weighted by atomic mass is 10.0. The number of nitrogens with zero attached hydrogens (tertiary/aromatic N) is 2. The Morgan fingerprint density at radius 3 is 2.08 bits per heavy atom. The molecular formula is C41H32F4N2O4S. The smallest absolute Gasteiger partial charge is 0.342 e. The Labute approximate surface area is 302 Å². The predicted octanol–water partition coefficient (Wildman–Crippen LogP) is 9.50. The molecule has 0 saturated heterocycles. The zero-order chi connectivity index (χ0) is 36.6. The van der Waals surface area contributed by atoms with Crippen molar-refractivity contribution in [1.82, 2.24) is 4.31 Å². The minimum atomic E-state index is -1.94. The van der Waals surface area contributed by atoms with E-state index in [0.717, 1.165) is 27.5 Å². The molecule has 1 amide bonds. The maximum Gasteiger partial charge on any atom is 0.342 e. The fourth-order valence-electron chi connectivity index (χ4n) is 5.52. The van der Waals surface area contributed by atoms with Crippen LogP contribution < -0.4 is 9.64 Å². The average molecular weight is 725 g/mol. The van der Waals surface area contributed by atoms with Crippen molar-refractivity contribution in [2.75, 3.05) is 18.5 Å². The van der Waals surface area contributed by atoms with Crippen molar-refractivity contribution < 1.29 is 36.6 Å².